The van der Waals surface area contributed by atoms with Crippen LogP contribution in [-0.2, 0) is 6.54 Å². The normalized spacial score (nSPS) is 14.9. The highest BCUT2D eigenvalue weighted by molar-refractivity contribution is 9.10. The van der Waals surface area contributed by atoms with E-state index < -0.39 is 0 Å². The molecule has 1 aliphatic heterocycles. The first-order valence-corrected chi connectivity index (χ1v) is 9.25. The topological polar surface area (TPSA) is 15.6 Å². The monoisotopic (exact) mass is 440 g/mol. The van der Waals surface area contributed by atoms with Crippen LogP contribution in [0.25, 0.3) is 0 Å². The molecule has 0 amide bonds. The standard InChI is InChI=1S/C20H14Br2N2/c21-15-5-9-17(10-6-15)23-20-19-4-2-1-3-14(19)13-24(20)18-11-7-16(22)8-12-18/h1-12H,13H2. The van der Waals surface area contributed by atoms with E-state index in [1.807, 2.05) is 24.3 Å². The third-order valence-corrected chi connectivity index (χ3v) is 5.10. The van der Waals surface area contributed by atoms with Gasteiger partial charge in [-0.25, -0.2) is 4.99 Å². The molecule has 0 spiro atoms. The molecule has 0 N–H and O–H groups in total. The highest BCUT2D eigenvalue weighted by Crippen LogP contribution is 2.31. The van der Waals surface area contributed by atoms with Gasteiger partial charge in [0.15, 0.2) is 0 Å². The fourth-order valence-corrected chi connectivity index (χ4v) is 3.39. The molecule has 0 radical (unpaired) electrons. The molecule has 0 bridgehead atoms. The van der Waals surface area contributed by atoms with Crippen molar-refractivity contribution in [1.82, 2.24) is 0 Å². The van der Waals surface area contributed by atoms with Crippen LogP contribution in [-0.4, -0.2) is 5.84 Å². The zero-order valence-corrected chi connectivity index (χ0v) is 16.0. The lowest BCUT2D eigenvalue weighted by Gasteiger charge is -2.19. The average molecular weight is 442 g/mol. The highest BCUT2D eigenvalue weighted by Gasteiger charge is 2.26. The lowest BCUT2D eigenvalue weighted by Crippen LogP contribution is -2.23. The maximum Gasteiger partial charge on any atom is 0.141 e. The fourth-order valence-electron chi connectivity index (χ4n) is 2.86. The summed E-state index contributed by atoms with van der Waals surface area (Å²) in [6.07, 6.45) is 0. The van der Waals surface area contributed by atoms with Crippen LogP contribution in [0.5, 0.6) is 0 Å². The molecule has 0 atom stereocenters. The quantitative estimate of drug-likeness (QED) is 0.454. The molecular weight excluding hydrogens is 428 g/mol. The van der Waals surface area contributed by atoms with Gasteiger partial charge >= 0.3 is 0 Å². The molecule has 24 heavy (non-hydrogen) atoms. The van der Waals surface area contributed by atoms with Crippen molar-refractivity contribution in [3.8, 4) is 0 Å². The van der Waals surface area contributed by atoms with Crippen molar-refractivity contribution >= 4 is 49.1 Å². The number of fused-ring (bicyclic) bond motifs is 1. The van der Waals surface area contributed by atoms with Crippen molar-refractivity contribution in [2.75, 3.05) is 4.90 Å². The number of hydrogen-bond acceptors (Lipinski definition) is 1. The Morgan fingerprint density at radius 2 is 1.38 bits per heavy atom. The van der Waals surface area contributed by atoms with Crippen molar-refractivity contribution in [1.29, 1.82) is 0 Å². The smallest absolute Gasteiger partial charge is 0.141 e. The van der Waals surface area contributed by atoms with Crippen LogP contribution in [0.3, 0.4) is 0 Å². The highest BCUT2D eigenvalue weighted by atomic mass is 79.9. The Balaban J connectivity index is 1.81. The van der Waals surface area contributed by atoms with Gasteiger partial charge in [0.05, 0.1) is 12.2 Å². The minimum absolute atomic E-state index is 0.840. The molecule has 2 nitrogen and oxygen atoms in total. The summed E-state index contributed by atoms with van der Waals surface area (Å²) in [5.41, 5.74) is 4.59. The molecule has 4 rings (SSSR count). The second-order valence-corrected chi connectivity index (χ2v) is 7.46. The summed E-state index contributed by atoms with van der Waals surface area (Å²) in [7, 11) is 0. The number of halogens is 2. The molecule has 1 aliphatic rings. The predicted octanol–water partition coefficient (Wildman–Crippen LogP) is 6.31. The van der Waals surface area contributed by atoms with Gasteiger partial charge in [-0.05, 0) is 54.1 Å². The molecule has 0 fully saturated rings. The lowest BCUT2D eigenvalue weighted by molar-refractivity contribution is 1.05. The van der Waals surface area contributed by atoms with Gasteiger partial charge in [0.25, 0.3) is 0 Å². The lowest BCUT2D eigenvalue weighted by atomic mass is 10.1. The molecule has 0 aromatic heterocycles. The molecule has 0 saturated carbocycles. The first kappa shape index (κ1) is 15.6. The van der Waals surface area contributed by atoms with E-state index >= 15 is 0 Å². The van der Waals surface area contributed by atoms with Crippen molar-refractivity contribution in [3.05, 3.63) is 92.9 Å². The minimum atomic E-state index is 0.840. The van der Waals surface area contributed by atoms with Crippen LogP contribution in [0.2, 0.25) is 0 Å². The summed E-state index contributed by atoms with van der Waals surface area (Å²) >= 11 is 6.98. The number of anilines is 1. The summed E-state index contributed by atoms with van der Waals surface area (Å²) < 4.78 is 2.14. The second-order valence-electron chi connectivity index (χ2n) is 5.63. The summed E-state index contributed by atoms with van der Waals surface area (Å²) in [5, 5.41) is 0. The van der Waals surface area contributed by atoms with Gasteiger partial charge < -0.3 is 4.90 Å². The Bertz CT molecular complexity index is 900. The van der Waals surface area contributed by atoms with Gasteiger partial charge in [0.1, 0.15) is 5.84 Å². The van der Waals surface area contributed by atoms with E-state index in [0.29, 0.717) is 0 Å². The number of amidine groups is 1. The van der Waals surface area contributed by atoms with Gasteiger partial charge in [0, 0.05) is 20.2 Å². The van der Waals surface area contributed by atoms with Crippen molar-refractivity contribution in [2.45, 2.75) is 6.54 Å². The second kappa shape index (κ2) is 6.54. The van der Waals surface area contributed by atoms with Crippen LogP contribution >= 0.6 is 31.9 Å². The molecule has 0 saturated heterocycles. The van der Waals surface area contributed by atoms with Crippen LogP contribution < -0.4 is 4.90 Å². The summed E-state index contributed by atoms with van der Waals surface area (Å²) in [5.74, 6) is 0.996. The Hall–Kier alpha value is -1.91. The van der Waals surface area contributed by atoms with Gasteiger partial charge in [-0.1, -0.05) is 56.1 Å². The van der Waals surface area contributed by atoms with Gasteiger partial charge in [-0.3, -0.25) is 0 Å². The molecular formula is C20H14Br2N2. The average Bonchev–Trinajstić information content (AvgIpc) is 2.96. The van der Waals surface area contributed by atoms with Crippen LogP contribution in [0, 0.1) is 0 Å². The Morgan fingerprint density at radius 3 is 2.08 bits per heavy atom. The van der Waals surface area contributed by atoms with E-state index in [-0.39, 0.29) is 0 Å². The first-order valence-electron chi connectivity index (χ1n) is 7.66. The first-order chi connectivity index (χ1) is 11.7. The van der Waals surface area contributed by atoms with E-state index in [1.54, 1.807) is 0 Å². The van der Waals surface area contributed by atoms with Crippen molar-refractivity contribution in [2.24, 2.45) is 4.99 Å². The third-order valence-electron chi connectivity index (χ3n) is 4.04. The van der Waals surface area contributed by atoms with Gasteiger partial charge in [0.2, 0.25) is 0 Å². The number of rotatable bonds is 2. The number of hydrogen-bond donors (Lipinski definition) is 0. The molecule has 3 aromatic carbocycles. The van der Waals surface area contributed by atoms with Crippen molar-refractivity contribution in [3.63, 3.8) is 0 Å². The Kier molecular flexibility index (Phi) is 4.25. The molecule has 1 heterocycles. The molecule has 4 heteroatoms. The van der Waals surface area contributed by atoms with E-state index in [2.05, 4.69) is 85.3 Å². The number of benzene rings is 3. The maximum absolute atomic E-state index is 4.93. The predicted molar refractivity (Wildman–Crippen MR) is 107 cm³/mol. The molecule has 118 valence electrons. The molecule has 0 unspecified atom stereocenters. The minimum Gasteiger partial charge on any atom is -0.321 e. The Labute approximate surface area is 158 Å². The van der Waals surface area contributed by atoms with Crippen LogP contribution in [0.15, 0.2) is 86.7 Å². The Morgan fingerprint density at radius 1 is 0.750 bits per heavy atom. The third kappa shape index (κ3) is 3.04. The van der Waals surface area contributed by atoms with Crippen molar-refractivity contribution < 1.29 is 0 Å². The zero-order chi connectivity index (χ0) is 16.5. The zero-order valence-electron chi connectivity index (χ0n) is 12.8. The van der Waals surface area contributed by atoms with E-state index in [9.17, 15) is 0 Å². The summed E-state index contributed by atoms with van der Waals surface area (Å²) in [6.45, 7) is 0.840. The summed E-state index contributed by atoms with van der Waals surface area (Å²) in [4.78, 5) is 7.19. The molecule has 3 aromatic rings. The molecule has 0 aliphatic carbocycles. The van der Waals surface area contributed by atoms with E-state index in [1.165, 1.54) is 11.1 Å². The maximum atomic E-state index is 4.93. The van der Waals surface area contributed by atoms with Gasteiger partial charge in [-0.2, -0.15) is 0 Å². The van der Waals surface area contributed by atoms with Crippen LogP contribution in [0.1, 0.15) is 11.1 Å². The van der Waals surface area contributed by atoms with Gasteiger partial charge in [-0.15, -0.1) is 0 Å². The number of nitrogens with zero attached hydrogens (tertiary/aromatic N) is 2. The fraction of sp³-hybridized carbons (Fsp3) is 0.0500. The SMILES string of the molecule is Brc1ccc(N=C2c3ccccc3CN2c2ccc(Br)cc2)cc1. The summed E-state index contributed by atoms with van der Waals surface area (Å²) in [6, 6.07) is 24.9. The number of aliphatic imine (C=N–C) groups is 1. The van der Waals surface area contributed by atoms with E-state index in [0.717, 1.165) is 32.7 Å². The largest absolute Gasteiger partial charge is 0.321 e. The van der Waals surface area contributed by atoms with E-state index in [4.69, 9.17) is 4.99 Å². The van der Waals surface area contributed by atoms with Crippen LogP contribution in [0.4, 0.5) is 11.4 Å².